The molecule has 2 aliphatic rings. The SMILES string of the molecule is C[C@]1(C(=O)NC2CCCCCCC2)CCC(=O)N1CCc1ccc(Cl)cc1. The van der Waals surface area contributed by atoms with Gasteiger partial charge >= 0.3 is 0 Å². The quantitative estimate of drug-likeness (QED) is 0.805. The fourth-order valence-corrected chi connectivity index (χ4v) is 4.46. The molecule has 3 rings (SSSR count). The fourth-order valence-electron chi connectivity index (χ4n) is 4.34. The van der Waals surface area contributed by atoms with Gasteiger partial charge in [0, 0.05) is 24.0 Å². The monoisotopic (exact) mass is 390 g/mol. The van der Waals surface area contributed by atoms with Crippen molar-refractivity contribution in [3.05, 3.63) is 34.9 Å². The minimum absolute atomic E-state index is 0.0232. The highest BCUT2D eigenvalue weighted by molar-refractivity contribution is 6.30. The van der Waals surface area contributed by atoms with Crippen LogP contribution in [0.5, 0.6) is 0 Å². The van der Waals surface area contributed by atoms with E-state index in [2.05, 4.69) is 5.32 Å². The molecule has 5 heteroatoms. The zero-order valence-corrected chi connectivity index (χ0v) is 17.1. The van der Waals surface area contributed by atoms with Crippen molar-refractivity contribution in [3.8, 4) is 0 Å². The van der Waals surface area contributed by atoms with Crippen molar-refractivity contribution in [2.75, 3.05) is 6.54 Å². The van der Waals surface area contributed by atoms with Crippen molar-refractivity contribution in [2.24, 2.45) is 0 Å². The van der Waals surface area contributed by atoms with Gasteiger partial charge in [-0.1, -0.05) is 55.8 Å². The van der Waals surface area contributed by atoms with Crippen LogP contribution in [0.1, 0.15) is 70.3 Å². The summed E-state index contributed by atoms with van der Waals surface area (Å²) in [4.78, 5) is 27.4. The number of nitrogens with one attached hydrogen (secondary N) is 1. The van der Waals surface area contributed by atoms with Crippen LogP contribution in [0.25, 0.3) is 0 Å². The van der Waals surface area contributed by atoms with Gasteiger partial charge in [-0.3, -0.25) is 9.59 Å². The number of carbonyl (C=O) groups is 2. The summed E-state index contributed by atoms with van der Waals surface area (Å²) in [5.74, 6) is 0.106. The van der Waals surface area contributed by atoms with E-state index in [4.69, 9.17) is 11.6 Å². The summed E-state index contributed by atoms with van der Waals surface area (Å²) in [5.41, 5.74) is 0.396. The number of likely N-dealkylation sites (tertiary alicyclic amines) is 1. The number of rotatable bonds is 5. The molecule has 1 aliphatic carbocycles. The number of hydrogen-bond donors (Lipinski definition) is 1. The molecule has 1 saturated heterocycles. The van der Waals surface area contributed by atoms with Crippen LogP contribution in [0.3, 0.4) is 0 Å². The largest absolute Gasteiger partial charge is 0.351 e. The maximum absolute atomic E-state index is 13.1. The smallest absolute Gasteiger partial charge is 0.245 e. The Morgan fingerprint density at radius 2 is 1.78 bits per heavy atom. The molecule has 27 heavy (non-hydrogen) atoms. The zero-order chi connectivity index (χ0) is 19.3. The van der Waals surface area contributed by atoms with Gasteiger partial charge in [-0.2, -0.15) is 0 Å². The average molecular weight is 391 g/mol. The summed E-state index contributed by atoms with van der Waals surface area (Å²) in [6.45, 7) is 2.49. The standard InChI is InChI=1S/C22H31ClN2O2/c1-22(21(27)24-19-7-5-3-2-4-6-8-19)15-13-20(26)25(22)16-14-17-9-11-18(23)12-10-17/h9-12,19H,2-8,13-16H2,1H3,(H,24,27)/t22-/m1/s1. The predicted molar refractivity (Wildman–Crippen MR) is 109 cm³/mol. The molecule has 1 aromatic rings. The van der Waals surface area contributed by atoms with Crippen LogP contribution in [-0.2, 0) is 16.0 Å². The Balaban J connectivity index is 1.63. The van der Waals surface area contributed by atoms with E-state index in [-0.39, 0.29) is 17.9 Å². The van der Waals surface area contributed by atoms with Crippen molar-refractivity contribution in [1.82, 2.24) is 10.2 Å². The Labute approximate surface area is 167 Å². The van der Waals surface area contributed by atoms with E-state index in [0.717, 1.165) is 24.8 Å². The summed E-state index contributed by atoms with van der Waals surface area (Å²) in [5, 5.41) is 3.98. The van der Waals surface area contributed by atoms with Crippen LogP contribution in [0, 0.1) is 0 Å². The molecule has 1 atom stereocenters. The third-order valence-corrected chi connectivity index (χ3v) is 6.44. The van der Waals surface area contributed by atoms with Crippen LogP contribution >= 0.6 is 11.6 Å². The lowest BCUT2D eigenvalue weighted by molar-refractivity contribution is -0.141. The van der Waals surface area contributed by atoms with E-state index in [1.807, 2.05) is 31.2 Å². The minimum Gasteiger partial charge on any atom is -0.351 e. The first kappa shape index (κ1) is 20.2. The summed E-state index contributed by atoms with van der Waals surface area (Å²) in [6, 6.07) is 7.94. The minimum atomic E-state index is -0.730. The van der Waals surface area contributed by atoms with Crippen molar-refractivity contribution >= 4 is 23.4 Å². The number of hydrogen-bond acceptors (Lipinski definition) is 2. The van der Waals surface area contributed by atoms with Crippen LogP contribution in [-0.4, -0.2) is 34.8 Å². The second kappa shape index (κ2) is 9.09. The first-order valence-corrected chi connectivity index (χ1v) is 10.7. The van der Waals surface area contributed by atoms with E-state index in [1.165, 1.54) is 32.1 Å². The predicted octanol–water partition coefficient (Wildman–Crippen LogP) is 4.49. The molecule has 4 nitrogen and oxygen atoms in total. The number of halogens is 1. The van der Waals surface area contributed by atoms with Crippen molar-refractivity contribution in [3.63, 3.8) is 0 Å². The molecular formula is C22H31ClN2O2. The normalized spacial score (nSPS) is 24.5. The van der Waals surface area contributed by atoms with Gasteiger partial charge in [-0.15, -0.1) is 0 Å². The Morgan fingerprint density at radius 1 is 1.15 bits per heavy atom. The molecule has 2 amide bonds. The second-order valence-corrected chi connectivity index (χ2v) is 8.65. The van der Waals surface area contributed by atoms with Gasteiger partial charge in [0.05, 0.1) is 0 Å². The summed E-state index contributed by atoms with van der Waals surface area (Å²) >= 11 is 5.95. The van der Waals surface area contributed by atoms with Gasteiger partial charge in [0.2, 0.25) is 11.8 Å². The molecule has 0 aromatic heterocycles. The molecule has 148 valence electrons. The van der Waals surface area contributed by atoms with Crippen LogP contribution in [0.4, 0.5) is 0 Å². The summed E-state index contributed by atoms with van der Waals surface area (Å²) < 4.78 is 0. The molecule has 0 bridgehead atoms. The van der Waals surface area contributed by atoms with Gasteiger partial charge in [0.15, 0.2) is 0 Å². The number of carbonyl (C=O) groups excluding carboxylic acids is 2. The van der Waals surface area contributed by atoms with Crippen molar-refractivity contribution < 1.29 is 9.59 Å². The number of nitrogens with zero attached hydrogens (tertiary/aromatic N) is 1. The average Bonchev–Trinajstić information content (AvgIpc) is 2.92. The lowest BCUT2D eigenvalue weighted by Crippen LogP contribution is -2.56. The van der Waals surface area contributed by atoms with Crippen LogP contribution in [0.2, 0.25) is 5.02 Å². The summed E-state index contributed by atoms with van der Waals surface area (Å²) in [6.07, 6.45) is 10.1. The first-order valence-electron chi connectivity index (χ1n) is 10.3. The molecule has 1 saturated carbocycles. The summed E-state index contributed by atoms with van der Waals surface area (Å²) in [7, 11) is 0. The van der Waals surface area contributed by atoms with Gasteiger partial charge in [0.25, 0.3) is 0 Å². The van der Waals surface area contributed by atoms with Gasteiger partial charge < -0.3 is 10.2 Å². The Kier molecular flexibility index (Phi) is 6.80. The maximum Gasteiger partial charge on any atom is 0.245 e. The molecule has 1 aliphatic heterocycles. The molecular weight excluding hydrogens is 360 g/mol. The maximum atomic E-state index is 13.1. The molecule has 1 aromatic carbocycles. The van der Waals surface area contributed by atoms with Gasteiger partial charge in [0.1, 0.15) is 5.54 Å². The molecule has 0 radical (unpaired) electrons. The lowest BCUT2D eigenvalue weighted by atomic mass is 9.93. The van der Waals surface area contributed by atoms with E-state index in [0.29, 0.717) is 24.4 Å². The second-order valence-electron chi connectivity index (χ2n) is 8.21. The number of benzene rings is 1. The topological polar surface area (TPSA) is 49.4 Å². The molecule has 2 fully saturated rings. The van der Waals surface area contributed by atoms with Crippen LogP contribution in [0.15, 0.2) is 24.3 Å². The van der Waals surface area contributed by atoms with Crippen LogP contribution < -0.4 is 5.32 Å². The van der Waals surface area contributed by atoms with Gasteiger partial charge in [-0.05, 0) is 50.3 Å². The molecule has 0 spiro atoms. The highest BCUT2D eigenvalue weighted by atomic mass is 35.5. The Bertz CT molecular complexity index is 653. The van der Waals surface area contributed by atoms with E-state index >= 15 is 0 Å². The fraction of sp³-hybridized carbons (Fsp3) is 0.636. The molecule has 1 heterocycles. The molecule has 1 N–H and O–H groups in total. The zero-order valence-electron chi connectivity index (χ0n) is 16.3. The number of amides is 2. The van der Waals surface area contributed by atoms with E-state index < -0.39 is 5.54 Å². The highest BCUT2D eigenvalue weighted by Crippen LogP contribution is 2.31. The first-order chi connectivity index (χ1) is 13.0. The van der Waals surface area contributed by atoms with Crippen molar-refractivity contribution in [2.45, 2.75) is 82.7 Å². The van der Waals surface area contributed by atoms with Gasteiger partial charge in [-0.25, -0.2) is 0 Å². The third-order valence-electron chi connectivity index (χ3n) is 6.19. The lowest BCUT2D eigenvalue weighted by Gasteiger charge is -2.35. The Hall–Kier alpha value is -1.55. The van der Waals surface area contributed by atoms with E-state index in [9.17, 15) is 9.59 Å². The Morgan fingerprint density at radius 3 is 2.44 bits per heavy atom. The third kappa shape index (κ3) is 5.04. The molecule has 0 unspecified atom stereocenters. The highest BCUT2D eigenvalue weighted by Gasteiger charge is 2.47. The van der Waals surface area contributed by atoms with Crippen molar-refractivity contribution in [1.29, 1.82) is 0 Å². The van der Waals surface area contributed by atoms with E-state index in [1.54, 1.807) is 4.90 Å².